The third-order valence-electron chi connectivity index (χ3n) is 3.50. The smallest absolute Gasteiger partial charge is 0.274 e. The number of aromatic nitrogens is 2. The van der Waals surface area contributed by atoms with Crippen molar-refractivity contribution in [3.05, 3.63) is 11.9 Å². The molecule has 0 radical (unpaired) electrons. The molecule has 1 amide bonds. The molecule has 2 unspecified atom stereocenters. The summed E-state index contributed by atoms with van der Waals surface area (Å²) in [4.78, 5) is 14.0. The second kappa shape index (κ2) is 4.15. The van der Waals surface area contributed by atoms with E-state index in [1.165, 1.54) is 6.20 Å². The molecule has 1 aliphatic heterocycles. The van der Waals surface area contributed by atoms with E-state index in [-0.39, 0.29) is 5.91 Å². The van der Waals surface area contributed by atoms with Crippen LogP contribution in [0.2, 0.25) is 0 Å². The van der Waals surface area contributed by atoms with Crippen molar-refractivity contribution in [1.29, 1.82) is 0 Å². The number of piperidine rings is 1. The SMILES string of the molecule is CC1CCN(C(=O)c2[nH]ncc2N)CC1C. The van der Waals surface area contributed by atoms with Crippen LogP contribution in [0, 0.1) is 11.8 Å². The molecular weight excluding hydrogens is 204 g/mol. The summed E-state index contributed by atoms with van der Waals surface area (Å²) in [6.07, 6.45) is 2.53. The summed E-state index contributed by atoms with van der Waals surface area (Å²) in [5, 5.41) is 6.44. The van der Waals surface area contributed by atoms with Crippen LogP contribution >= 0.6 is 0 Å². The van der Waals surface area contributed by atoms with Crippen molar-refractivity contribution in [2.75, 3.05) is 18.8 Å². The number of hydrogen-bond acceptors (Lipinski definition) is 3. The minimum atomic E-state index is -0.0336. The van der Waals surface area contributed by atoms with Gasteiger partial charge in [0.15, 0.2) is 0 Å². The van der Waals surface area contributed by atoms with Crippen molar-refractivity contribution in [2.24, 2.45) is 11.8 Å². The number of hydrogen-bond donors (Lipinski definition) is 2. The number of anilines is 1. The van der Waals surface area contributed by atoms with Crippen LogP contribution < -0.4 is 5.73 Å². The molecule has 1 aromatic heterocycles. The molecule has 3 N–H and O–H groups in total. The number of carbonyl (C=O) groups excluding carboxylic acids is 1. The van der Waals surface area contributed by atoms with Crippen molar-refractivity contribution >= 4 is 11.6 Å². The molecule has 5 heteroatoms. The number of H-pyrrole nitrogens is 1. The van der Waals surface area contributed by atoms with E-state index in [1.807, 2.05) is 4.90 Å². The summed E-state index contributed by atoms with van der Waals surface area (Å²) >= 11 is 0. The third-order valence-corrected chi connectivity index (χ3v) is 3.50. The molecule has 88 valence electrons. The maximum absolute atomic E-state index is 12.1. The summed E-state index contributed by atoms with van der Waals surface area (Å²) in [6.45, 7) is 6.03. The first kappa shape index (κ1) is 11.0. The lowest BCUT2D eigenvalue weighted by molar-refractivity contribution is 0.0622. The fraction of sp³-hybridized carbons (Fsp3) is 0.636. The summed E-state index contributed by atoms with van der Waals surface area (Å²) in [7, 11) is 0. The van der Waals surface area contributed by atoms with Gasteiger partial charge < -0.3 is 10.6 Å². The molecule has 2 atom stereocenters. The van der Waals surface area contributed by atoms with E-state index >= 15 is 0 Å². The molecule has 0 bridgehead atoms. The lowest BCUT2D eigenvalue weighted by atomic mass is 9.88. The Hall–Kier alpha value is -1.52. The lowest BCUT2D eigenvalue weighted by Crippen LogP contribution is -2.42. The van der Waals surface area contributed by atoms with Crippen LogP contribution in [0.3, 0.4) is 0 Å². The van der Waals surface area contributed by atoms with Crippen molar-refractivity contribution in [3.8, 4) is 0 Å². The zero-order valence-electron chi connectivity index (χ0n) is 9.73. The summed E-state index contributed by atoms with van der Waals surface area (Å²) < 4.78 is 0. The van der Waals surface area contributed by atoms with Crippen LogP contribution in [-0.4, -0.2) is 34.1 Å². The van der Waals surface area contributed by atoms with Crippen LogP contribution in [0.15, 0.2) is 6.20 Å². The predicted molar refractivity (Wildman–Crippen MR) is 61.8 cm³/mol. The molecular formula is C11H18N4O. The van der Waals surface area contributed by atoms with Gasteiger partial charge in [0.2, 0.25) is 0 Å². The number of rotatable bonds is 1. The Balaban J connectivity index is 2.09. The Morgan fingerprint density at radius 2 is 2.31 bits per heavy atom. The summed E-state index contributed by atoms with van der Waals surface area (Å²) in [6, 6.07) is 0. The Bertz CT molecular complexity index is 387. The first-order chi connectivity index (χ1) is 7.59. The topological polar surface area (TPSA) is 75.0 Å². The van der Waals surface area contributed by atoms with E-state index in [9.17, 15) is 4.79 Å². The normalized spacial score (nSPS) is 25.8. The quantitative estimate of drug-likeness (QED) is 0.747. The van der Waals surface area contributed by atoms with E-state index in [4.69, 9.17) is 5.73 Å². The molecule has 1 aliphatic rings. The van der Waals surface area contributed by atoms with Crippen molar-refractivity contribution in [2.45, 2.75) is 20.3 Å². The van der Waals surface area contributed by atoms with E-state index in [1.54, 1.807) is 0 Å². The largest absolute Gasteiger partial charge is 0.396 e. The van der Waals surface area contributed by atoms with Gasteiger partial charge >= 0.3 is 0 Å². The Labute approximate surface area is 95.0 Å². The van der Waals surface area contributed by atoms with Crippen molar-refractivity contribution in [1.82, 2.24) is 15.1 Å². The Morgan fingerprint density at radius 1 is 1.56 bits per heavy atom. The lowest BCUT2D eigenvalue weighted by Gasteiger charge is -2.35. The number of nitrogens with two attached hydrogens (primary N) is 1. The molecule has 0 saturated carbocycles. The summed E-state index contributed by atoms with van der Waals surface area (Å²) in [5.74, 6) is 1.19. The Morgan fingerprint density at radius 3 is 2.88 bits per heavy atom. The number of carbonyl (C=O) groups is 1. The highest BCUT2D eigenvalue weighted by Gasteiger charge is 2.27. The highest BCUT2D eigenvalue weighted by molar-refractivity contribution is 5.97. The van der Waals surface area contributed by atoms with Crippen molar-refractivity contribution < 1.29 is 4.79 Å². The molecule has 5 nitrogen and oxygen atoms in total. The molecule has 0 aliphatic carbocycles. The van der Waals surface area contributed by atoms with Gasteiger partial charge in [0.25, 0.3) is 5.91 Å². The molecule has 2 rings (SSSR count). The maximum Gasteiger partial charge on any atom is 0.274 e. The number of nitrogens with one attached hydrogen (secondary N) is 1. The van der Waals surface area contributed by atoms with Crippen LogP contribution in [-0.2, 0) is 0 Å². The average Bonchev–Trinajstić information content (AvgIpc) is 2.67. The van der Waals surface area contributed by atoms with Crippen molar-refractivity contribution in [3.63, 3.8) is 0 Å². The van der Waals surface area contributed by atoms with Gasteiger partial charge in [-0.2, -0.15) is 5.10 Å². The standard InChI is InChI=1S/C11H18N4O/c1-7-3-4-15(6-8(7)2)11(16)10-9(12)5-13-14-10/h5,7-8H,3-4,6,12H2,1-2H3,(H,13,14). The molecule has 1 saturated heterocycles. The highest BCUT2D eigenvalue weighted by Crippen LogP contribution is 2.24. The number of likely N-dealkylation sites (tertiary alicyclic amines) is 1. The monoisotopic (exact) mass is 222 g/mol. The van der Waals surface area contributed by atoms with Gasteiger partial charge in [-0.3, -0.25) is 9.89 Å². The second-order valence-corrected chi connectivity index (χ2v) is 4.69. The minimum Gasteiger partial charge on any atom is -0.396 e. The number of amides is 1. The predicted octanol–water partition coefficient (Wildman–Crippen LogP) is 1.11. The van der Waals surface area contributed by atoms with Gasteiger partial charge in [0.1, 0.15) is 5.69 Å². The van der Waals surface area contributed by atoms with E-state index in [0.29, 0.717) is 23.2 Å². The number of nitrogen functional groups attached to an aromatic ring is 1. The van der Waals surface area contributed by atoms with Gasteiger partial charge in [0.05, 0.1) is 11.9 Å². The Kier molecular flexibility index (Phi) is 2.85. The van der Waals surface area contributed by atoms with Gasteiger partial charge in [0, 0.05) is 13.1 Å². The van der Waals surface area contributed by atoms with E-state index in [0.717, 1.165) is 19.5 Å². The number of nitrogens with zero attached hydrogens (tertiary/aromatic N) is 2. The third kappa shape index (κ3) is 1.89. The first-order valence-corrected chi connectivity index (χ1v) is 5.67. The molecule has 1 fully saturated rings. The number of aromatic amines is 1. The van der Waals surface area contributed by atoms with E-state index < -0.39 is 0 Å². The zero-order valence-corrected chi connectivity index (χ0v) is 9.73. The minimum absolute atomic E-state index is 0.0336. The van der Waals surface area contributed by atoms with Crippen LogP contribution in [0.1, 0.15) is 30.8 Å². The zero-order chi connectivity index (χ0) is 11.7. The fourth-order valence-corrected chi connectivity index (χ4v) is 2.07. The van der Waals surface area contributed by atoms with E-state index in [2.05, 4.69) is 24.0 Å². The van der Waals surface area contributed by atoms with Crippen LogP contribution in [0.5, 0.6) is 0 Å². The molecule has 1 aromatic rings. The van der Waals surface area contributed by atoms with Crippen LogP contribution in [0.4, 0.5) is 5.69 Å². The highest BCUT2D eigenvalue weighted by atomic mass is 16.2. The molecule has 16 heavy (non-hydrogen) atoms. The van der Waals surface area contributed by atoms with Crippen LogP contribution in [0.25, 0.3) is 0 Å². The van der Waals surface area contributed by atoms with Gasteiger partial charge in [-0.25, -0.2) is 0 Å². The fourth-order valence-electron chi connectivity index (χ4n) is 2.07. The maximum atomic E-state index is 12.1. The molecule has 2 heterocycles. The van der Waals surface area contributed by atoms with Gasteiger partial charge in [-0.15, -0.1) is 0 Å². The average molecular weight is 222 g/mol. The second-order valence-electron chi connectivity index (χ2n) is 4.69. The van der Waals surface area contributed by atoms with Gasteiger partial charge in [-0.05, 0) is 18.3 Å². The summed E-state index contributed by atoms with van der Waals surface area (Å²) in [5.41, 5.74) is 6.51. The molecule has 0 aromatic carbocycles. The van der Waals surface area contributed by atoms with Gasteiger partial charge in [-0.1, -0.05) is 13.8 Å². The first-order valence-electron chi connectivity index (χ1n) is 5.67. The molecule has 0 spiro atoms.